The molecule has 0 spiro atoms. The highest BCUT2D eigenvalue weighted by Crippen LogP contribution is 2.32. The van der Waals surface area contributed by atoms with Crippen molar-refractivity contribution in [3.8, 4) is 11.1 Å². The minimum Gasteiger partial charge on any atom is -0.465 e. The Morgan fingerprint density at radius 1 is 0.807 bits per heavy atom. The molecule has 0 fully saturated rings. The van der Waals surface area contributed by atoms with Crippen molar-refractivity contribution in [3.63, 3.8) is 0 Å². The molecule has 3 aromatic carbocycles. The Morgan fingerprint density at radius 3 is 2.09 bits per heavy atom. The number of carbonyl (C=O) groups is 1. The van der Waals surface area contributed by atoms with Crippen molar-refractivity contribution in [2.75, 3.05) is 39.3 Å². The Labute approximate surface area is 333 Å². The predicted octanol–water partition coefficient (Wildman–Crippen LogP) is 7.24. The van der Waals surface area contributed by atoms with Gasteiger partial charge in [0.05, 0.1) is 38.3 Å². The van der Waals surface area contributed by atoms with Crippen LogP contribution in [0.2, 0.25) is 0 Å². The first-order chi connectivity index (χ1) is 27.4. The number of thioether (sulfide) groups is 1. The Hall–Kier alpha value is -4.86. The molecule has 302 valence electrons. The molecule has 15 heteroatoms. The van der Waals surface area contributed by atoms with Crippen LogP contribution in [0.4, 0.5) is 17.6 Å². The van der Waals surface area contributed by atoms with Gasteiger partial charge in [-0.3, -0.25) is 14.5 Å². The number of aromatic nitrogens is 5. The summed E-state index contributed by atoms with van der Waals surface area (Å²) in [5.74, 6) is 1.07. The SMILES string of the molecule is CCOC(=O)CN(CCN(CC)CC)Cc1nnc(Cn2c(SCc3ccc(F)cc3)nc(=O)c3c2CCC3)n1Cc1ccc(-c2ccc(C(F)(F)F)cc2)cc1. The minimum atomic E-state index is -4.42. The lowest BCUT2D eigenvalue weighted by atomic mass is 10.0. The fraction of sp³-hybridized carbons (Fsp3) is 0.405. The monoisotopic (exact) mass is 805 g/mol. The van der Waals surface area contributed by atoms with Gasteiger partial charge in [0.25, 0.3) is 5.56 Å². The first-order valence-electron chi connectivity index (χ1n) is 19.2. The highest BCUT2D eigenvalue weighted by atomic mass is 32.2. The van der Waals surface area contributed by atoms with Gasteiger partial charge in [-0.15, -0.1) is 10.2 Å². The van der Waals surface area contributed by atoms with Crippen molar-refractivity contribution < 1.29 is 27.1 Å². The summed E-state index contributed by atoms with van der Waals surface area (Å²) in [5, 5.41) is 9.92. The summed E-state index contributed by atoms with van der Waals surface area (Å²) in [5.41, 5.74) is 3.89. The van der Waals surface area contributed by atoms with Gasteiger partial charge in [-0.05, 0) is 85.8 Å². The summed E-state index contributed by atoms with van der Waals surface area (Å²) in [4.78, 5) is 34.8. The topological polar surface area (TPSA) is 98.4 Å². The zero-order chi connectivity index (χ0) is 40.5. The molecule has 1 aliphatic carbocycles. The van der Waals surface area contributed by atoms with E-state index in [4.69, 9.17) is 9.84 Å². The maximum atomic E-state index is 13.6. The standard InChI is InChI=1S/C42H47F4N7O3S/c1-4-50(5-2)22-23-51(27-39(54)56-6-3)25-37-48-49-38(53(37)24-29-10-14-31(15-11-29)32-16-18-33(19-17-32)42(44,45)46)26-52-36-9-7-8-35(36)40(55)47-41(52)57-28-30-12-20-34(43)21-13-30/h10-21H,4-9,22-28H2,1-3H3. The Balaban J connectivity index is 1.35. The number of halogens is 4. The Kier molecular flexibility index (Phi) is 14.0. The molecule has 10 nitrogen and oxygen atoms in total. The predicted molar refractivity (Wildman–Crippen MR) is 211 cm³/mol. The number of hydrogen-bond acceptors (Lipinski definition) is 9. The molecule has 0 amide bonds. The first kappa shape index (κ1) is 41.8. The Bertz CT molecular complexity index is 2170. The highest BCUT2D eigenvalue weighted by molar-refractivity contribution is 7.98. The Morgan fingerprint density at radius 2 is 1.44 bits per heavy atom. The van der Waals surface area contributed by atoms with Crippen LogP contribution < -0.4 is 5.56 Å². The van der Waals surface area contributed by atoms with Gasteiger partial charge in [0, 0.05) is 30.1 Å². The fourth-order valence-electron chi connectivity index (χ4n) is 6.98. The van der Waals surface area contributed by atoms with Crippen LogP contribution in [0, 0.1) is 5.82 Å². The number of benzene rings is 3. The summed E-state index contributed by atoms with van der Waals surface area (Å²) in [7, 11) is 0. The molecule has 0 unspecified atom stereocenters. The average Bonchev–Trinajstić information content (AvgIpc) is 3.84. The molecular formula is C42H47F4N7O3S. The lowest BCUT2D eigenvalue weighted by molar-refractivity contribution is -0.144. The third-order valence-corrected chi connectivity index (χ3v) is 11.2. The number of likely N-dealkylation sites (N-methyl/N-ethyl adjacent to an activating group) is 1. The molecule has 0 saturated heterocycles. The molecule has 2 heterocycles. The third kappa shape index (κ3) is 10.8. The van der Waals surface area contributed by atoms with Crippen LogP contribution in [0.15, 0.2) is 82.7 Å². The molecule has 0 bridgehead atoms. The van der Waals surface area contributed by atoms with Crippen LogP contribution in [-0.2, 0) is 53.9 Å². The van der Waals surface area contributed by atoms with Gasteiger partial charge in [0.1, 0.15) is 11.6 Å². The van der Waals surface area contributed by atoms with Crippen LogP contribution in [0.25, 0.3) is 11.1 Å². The van der Waals surface area contributed by atoms with Gasteiger partial charge in [-0.25, -0.2) is 4.39 Å². The third-order valence-electron chi connectivity index (χ3n) is 10.2. The van der Waals surface area contributed by atoms with E-state index < -0.39 is 11.7 Å². The van der Waals surface area contributed by atoms with Crippen LogP contribution in [-0.4, -0.2) is 79.4 Å². The van der Waals surface area contributed by atoms with Gasteiger partial charge >= 0.3 is 12.1 Å². The largest absolute Gasteiger partial charge is 0.465 e. The maximum absolute atomic E-state index is 13.6. The highest BCUT2D eigenvalue weighted by Gasteiger charge is 2.30. The van der Waals surface area contributed by atoms with E-state index in [9.17, 15) is 27.2 Å². The van der Waals surface area contributed by atoms with Gasteiger partial charge < -0.3 is 18.8 Å². The molecule has 0 saturated carbocycles. The van der Waals surface area contributed by atoms with E-state index in [0.29, 0.717) is 66.2 Å². The van der Waals surface area contributed by atoms with E-state index in [0.717, 1.165) is 60.6 Å². The molecule has 57 heavy (non-hydrogen) atoms. The van der Waals surface area contributed by atoms with Crippen molar-refractivity contribution in [1.82, 2.24) is 34.1 Å². The van der Waals surface area contributed by atoms with Gasteiger partial charge in [-0.1, -0.05) is 74.1 Å². The van der Waals surface area contributed by atoms with Gasteiger partial charge in [0.15, 0.2) is 11.0 Å². The summed E-state index contributed by atoms with van der Waals surface area (Å²) in [6, 6.07) is 19.0. The van der Waals surface area contributed by atoms with Crippen LogP contribution in [0.3, 0.4) is 0 Å². The summed E-state index contributed by atoms with van der Waals surface area (Å²) in [6.07, 6.45) is -2.23. The van der Waals surface area contributed by atoms with E-state index in [1.807, 2.05) is 38.3 Å². The average molecular weight is 806 g/mol. The lowest BCUT2D eigenvalue weighted by Crippen LogP contribution is -2.38. The number of nitrogens with zero attached hydrogens (tertiary/aromatic N) is 7. The van der Waals surface area contributed by atoms with Crippen molar-refractivity contribution in [1.29, 1.82) is 0 Å². The van der Waals surface area contributed by atoms with Crippen LogP contribution >= 0.6 is 11.8 Å². The maximum Gasteiger partial charge on any atom is 0.416 e. The van der Waals surface area contributed by atoms with E-state index in [1.54, 1.807) is 19.1 Å². The molecule has 0 radical (unpaired) electrons. The lowest BCUT2D eigenvalue weighted by Gasteiger charge is -2.25. The molecule has 6 rings (SSSR count). The summed E-state index contributed by atoms with van der Waals surface area (Å²) < 4.78 is 62.6. The number of rotatable bonds is 18. The quantitative estimate of drug-likeness (QED) is 0.0393. The van der Waals surface area contributed by atoms with E-state index >= 15 is 0 Å². The number of esters is 1. The molecular weight excluding hydrogens is 759 g/mol. The normalized spacial score (nSPS) is 12.8. The molecule has 5 aromatic rings. The van der Waals surface area contributed by atoms with E-state index in [2.05, 4.69) is 28.8 Å². The van der Waals surface area contributed by atoms with Gasteiger partial charge in [-0.2, -0.15) is 18.2 Å². The molecule has 0 aliphatic heterocycles. The molecule has 0 N–H and O–H groups in total. The molecule has 2 aromatic heterocycles. The summed E-state index contributed by atoms with van der Waals surface area (Å²) in [6.45, 7) is 10.3. The second-order valence-corrected chi connectivity index (χ2v) is 14.9. The van der Waals surface area contributed by atoms with Crippen molar-refractivity contribution in [3.05, 3.63) is 129 Å². The fourth-order valence-corrected chi connectivity index (χ4v) is 7.95. The minimum absolute atomic E-state index is 0.0699. The van der Waals surface area contributed by atoms with E-state index in [-0.39, 0.29) is 37.0 Å². The van der Waals surface area contributed by atoms with E-state index in [1.165, 1.54) is 36.0 Å². The number of alkyl halides is 3. The van der Waals surface area contributed by atoms with Gasteiger partial charge in [0.2, 0.25) is 0 Å². The molecule has 1 aliphatic rings. The number of hydrogen-bond donors (Lipinski definition) is 0. The second kappa shape index (κ2) is 19.1. The van der Waals surface area contributed by atoms with Crippen molar-refractivity contribution in [2.45, 2.75) is 76.8 Å². The van der Waals surface area contributed by atoms with Crippen molar-refractivity contribution in [2.24, 2.45) is 0 Å². The second-order valence-electron chi connectivity index (χ2n) is 13.9. The number of fused-ring (bicyclic) bond motifs is 1. The zero-order valence-corrected chi connectivity index (χ0v) is 33.2. The van der Waals surface area contributed by atoms with Crippen LogP contribution in [0.1, 0.15) is 66.8 Å². The zero-order valence-electron chi connectivity index (χ0n) is 32.4. The number of carbonyl (C=O) groups excluding carboxylic acids is 1. The van der Waals surface area contributed by atoms with Crippen LogP contribution in [0.5, 0.6) is 0 Å². The smallest absolute Gasteiger partial charge is 0.416 e. The molecule has 0 atom stereocenters. The summed E-state index contributed by atoms with van der Waals surface area (Å²) >= 11 is 1.40. The van der Waals surface area contributed by atoms with Crippen molar-refractivity contribution >= 4 is 17.7 Å². The first-order valence-corrected chi connectivity index (χ1v) is 20.2. The number of ether oxygens (including phenoxy) is 1.